The van der Waals surface area contributed by atoms with Crippen LogP contribution in [-0.2, 0) is 6.42 Å². The Morgan fingerprint density at radius 1 is 1.00 bits per heavy atom. The number of aromatic carboxylic acids is 1. The van der Waals surface area contributed by atoms with Crippen molar-refractivity contribution in [3.05, 3.63) is 77.5 Å². The molecule has 2 aromatic carbocycles. The zero-order valence-corrected chi connectivity index (χ0v) is 11.3. The maximum Gasteiger partial charge on any atom is 0.354 e. The van der Waals surface area contributed by atoms with Crippen molar-refractivity contribution in [1.82, 2.24) is 10.2 Å². The highest BCUT2D eigenvalue weighted by atomic mass is 16.4. The van der Waals surface area contributed by atoms with E-state index >= 15 is 0 Å². The summed E-state index contributed by atoms with van der Waals surface area (Å²) in [6.07, 6.45) is 0.531. The number of rotatable bonds is 4. The molecule has 0 amide bonds. The van der Waals surface area contributed by atoms with Crippen LogP contribution in [0.1, 0.15) is 21.6 Å². The van der Waals surface area contributed by atoms with Gasteiger partial charge in [0.05, 0.1) is 5.69 Å². The first kappa shape index (κ1) is 13.1. The Bertz CT molecular complexity index is 749. The largest absolute Gasteiger partial charge is 0.477 e. The number of nitrogens with one attached hydrogen (secondary N) is 1. The van der Waals surface area contributed by atoms with E-state index in [1.807, 2.05) is 60.7 Å². The normalized spacial score (nSPS) is 10.5. The maximum absolute atomic E-state index is 11.4. The first-order valence-corrected chi connectivity index (χ1v) is 6.65. The molecule has 0 unspecified atom stereocenters. The number of carboxylic acids is 1. The summed E-state index contributed by atoms with van der Waals surface area (Å²) < 4.78 is 0. The van der Waals surface area contributed by atoms with Crippen LogP contribution >= 0.6 is 0 Å². The number of aromatic nitrogens is 2. The lowest BCUT2D eigenvalue weighted by Crippen LogP contribution is -2.02. The topological polar surface area (TPSA) is 66.0 Å². The summed E-state index contributed by atoms with van der Waals surface area (Å²) in [5.41, 5.74) is 3.51. The van der Waals surface area contributed by atoms with Gasteiger partial charge in [-0.15, -0.1) is 0 Å². The van der Waals surface area contributed by atoms with Crippen molar-refractivity contribution in [2.75, 3.05) is 0 Å². The molecule has 0 aliphatic rings. The Balaban J connectivity index is 2.08. The fourth-order valence-electron chi connectivity index (χ4n) is 2.35. The lowest BCUT2D eigenvalue weighted by Gasteiger charge is -2.04. The van der Waals surface area contributed by atoms with Gasteiger partial charge in [0.15, 0.2) is 0 Å². The molecule has 0 atom stereocenters. The molecule has 4 heteroatoms. The van der Waals surface area contributed by atoms with Gasteiger partial charge in [-0.3, -0.25) is 5.10 Å². The third kappa shape index (κ3) is 2.69. The third-order valence-corrected chi connectivity index (χ3v) is 3.35. The predicted molar refractivity (Wildman–Crippen MR) is 80.2 cm³/mol. The molecule has 1 heterocycles. The highest BCUT2D eigenvalue weighted by Crippen LogP contribution is 2.26. The molecule has 0 bridgehead atoms. The van der Waals surface area contributed by atoms with Crippen LogP contribution in [0.3, 0.4) is 0 Å². The van der Waals surface area contributed by atoms with Crippen LogP contribution in [0, 0.1) is 0 Å². The molecule has 21 heavy (non-hydrogen) atoms. The molecule has 0 aliphatic heterocycles. The molecule has 104 valence electrons. The summed E-state index contributed by atoms with van der Waals surface area (Å²) in [5.74, 6) is -0.990. The maximum atomic E-state index is 11.4. The first-order valence-electron chi connectivity index (χ1n) is 6.65. The molecule has 0 fully saturated rings. The minimum Gasteiger partial charge on any atom is -0.477 e. The van der Waals surface area contributed by atoms with E-state index in [0.717, 1.165) is 11.1 Å². The Hall–Kier alpha value is -2.88. The second kappa shape index (κ2) is 5.63. The summed E-state index contributed by atoms with van der Waals surface area (Å²) in [6.45, 7) is 0. The zero-order valence-electron chi connectivity index (χ0n) is 11.3. The molecule has 1 aromatic heterocycles. The SMILES string of the molecule is O=C(O)c1[nH]nc(-c2ccccc2)c1Cc1ccccc1. The van der Waals surface area contributed by atoms with Crippen molar-refractivity contribution in [2.24, 2.45) is 0 Å². The van der Waals surface area contributed by atoms with Gasteiger partial charge in [-0.25, -0.2) is 4.79 Å². The van der Waals surface area contributed by atoms with E-state index in [1.165, 1.54) is 0 Å². The molecule has 0 spiro atoms. The summed E-state index contributed by atoms with van der Waals surface area (Å²) in [7, 11) is 0. The average molecular weight is 278 g/mol. The lowest BCUT2D eigenvalue weighted by atomic mass is 9.99. The minimum absolute atomic E-state index is 0.151. The number of H-pyrrole nitrogens is 1. The van der Waals surface area contributed by atoms with Gasteiger partial charge < -0.3 is 5.11 Å². The Labute approximate surface area is 122 Å². The van der Waals surface area contributed by atoms with Crippen molar-refractivity contribution in [3.63, 3.8) is 0 Å². The Kier molecular flexibility index (Phi) is 3.51. The van der Waals surface area contributed by atoms with Gasteiger partial charge in [-0.05, 0) is 5.56 Å². The van der Waals surface area contributed by atoms with Crippen molar-refractivity contribution >= 4 is 5.97 Å². The summed E-state index contributed by atoms with van der Waals surface area (Å²) >= 11 is 0. The van der Waals surface area contributed by atoms with Gasteiger partial charge >= 0.3 is 5.97 Å². The fourth-order valence-corrected chi connectivity index (χ4v) is 2.35. The Morgan fingerprint density at radius 2 is 1.62 bits per heavy atom. The molecular weight excluding hydrogens is 264 g/mol. The molecular formula is C17H14N2O2. The zero-order chi connectivity index (χ0) is 14.7. The summed E-state index contributed by atoms with van der Waals surface area (Å²) in [4.78, 5) is 11.4. The molecule has 0 radical (unpaired) electrons. The van der Waals surface area contributed by atoms with E-state index in [9.17, 15) is 9.90 Å². The molecule has 3 rings (SSSR count). The molecule has 0 saturated carbocycles. The van der Waals surface area contributed by atoms with Crippen LogP contribution in [-0.4, -0.2) is 21.3 Å². The van der Waals surface area contributed by atoms with Crippen molar-refractivity contribution in [3.8, 4) is 11.3 Å². The van der Waals surface area contributed by atoms with Gasteiger partial charge in [0.25, 0.3) is 0 Å². The number of aromatic amines is 1. The second-order valence-corrected chi connectivity index (χ2v) is 4.76. The van der Waals surface area contributed by atoms with E-state index in [0.29, 0.717) is 17.7 Å². The predicted octanol–water partition coefficient (Wildman–Crippen LogP) is 3.37. The number of carbonyl (C=O) groups is 1. The number of nitrogens with zero attached hydrogens (tertiary/aromatic N) is 1. The quantitative estimate of drug-likeness (QED) is 0.769. The minimum atomic E-state index is -0.990. The van der Waals surface area contributed by atoms with Crippen molar-refractivity contribution in [2.45, 2.75) is 6.42 Å². The van der Waals surface area contributed by atoms with Crippen LogP contribution in [0.5, 0.6) is 0 Å². The second-order valence-electron chi connectivity index (χ2n) is 4.76. The van der Waals surface area contributed by atoms with Crippen molar-refractivity contribution in [1.29, 1.82) is 0 Å². The van der Waals surface area contributed by atoms with Gasteiger partial charge in [0.1, 0.15) is 5.69 Å². The highest BCUT2D eigenvalue weighted by Gasteiger charge is 2.19. The number of hydrogen-bond donors (Lipinski definition) is 2. The van der Waals surface area contributed by atoms with E-state index in [-0.39, 0.29) is 5.69 Å². The molecule has 3 aromatic rings. The molecule has 2 N–H and O–H groups in total. The average Bonchev–Trinajstić information content (AvgIpc) is 2.93. The number of carboxylic acid groups (broad SMARTS) is 1. The highest BCUT2D eigenvalue weighted by molar-refractivity contribution is 5.89. The van der Waals surface area contributed by atoms with E-state index in [4.69, 9.17) is 0 Å². The van der Waals surface area contributed by atoms with E-state index < -0.39 is 5.97 Å². The third-order valence-electron chi connectivity index (χ3n) is 3.35. The van der Waals surface area contributed by atoms with Gasteiger partial charge in [-0.1, -0.05) is 60.7 Å². The summed E-state index contributed by atoms with van der Waals surface area (Å²) in [5, 5.41) is 16.2. The molecule has 0 saturated heterocycles. The van der Waals surface area contributed by atoms with E-state index in [2.05, 4.69) is 10.2 Å². The fraction of sp³-hybridized carbons (Fsp3) is 0.0588. The first-order chi connectivity index (χ1) is 10.3. The van der Waals surface area contributed by atoms with Crippen LogP contribution < -0.4 is 0 Å². The smallest absolute Gasteiger partial charge is 0.354 e. The number of hydrogen-bond acceptors (Lipinski definition) is 2. The van der Waals surface area contributed by atoms with Gasteiger partial charge in [0, 0.05) is 17.5 Å². The lowest BCUT2D eigenvalue weighted by molar-refractivity contribution is 0.0689. The van der Waals surface area contributed by atoms with Gasteiger partial charge in [0.2, 0.25) is 0 Å². The van der Waals surface area contributed by atoms with Crippen LogP contribution in [0.25, 0.3) is 11.3 Å². The monoisotopic (exact) mass is 278 g/mol. The van der Waals surface area contributed by atoms with Crippen LogP contribution in [0.2, 0.25) is 0 Å². The molecule has 4 nitrogen and oxygen atoms in total. The van der Waals surface area contributed by atoms with Crippen LogP contribution in [0.15, 0.2) is 60.7 Å². The van der Waals surface area contributed by atoms with Crippen molar-refractivity contribution < 1.29 is 9.90 Å². The summed E-state index contributed by atoms with van der Waals surface area (Å²) in [6, 6.07) is 19.4. The van der Waals surface area contributed by atoms with E-state index in [1.54, 1.807) is 0 Å². The van der Waals surface area contributed by atoms with Crippen LogP contribution in [0.4, 0.5) is 0 Å². The van der Waals surface area contributed by atoms with Gasteiger partial charge in [-0.2, -0.15) is 5.10 Å². The molecule has 0 aliphatic carbocycles. The standard InChI is InChI=1S/C17H14N2O2/c20-17(21)16-14(11-12-7-3-1-4-8-12)15(18-19-16)13-9-5-2-6-10-13/h1-10H,11H2,(H,18,19)(H,20,21). The number of benzene rings is 2. The Morgan fingerprint density at radius 3 is 2.24 bits per heavy atom.